The molecule has 134 valence electrons. The molecular formula is C18H18N4O4. The van der Waals surface area contributed by atoms with Crippen LogP contribution < -0.4 is 20.5 Å². The molecule has 26 heavy (non-hydrogen) atoms. The third-order valence-electron chi connectivity index (χ3n) is 4.06. The number of hydrazine groups is 1. The van der Waals surface area contributed by atoms with Gasteiger partial charge in [0.2, 0.25) is 11.8 Å². The fourth-order valence-corrected chi connectivity index (χ4v) is 2.69. The number of pyridine rings is 1. The van der Waals surface area contributed by atoms with Gasteiger partial charge >= 0.3 is 0 Å². The number of ether oxygens (including phenoxy) is 1. The van der Waals surface area contributed by atoms with Crippen molar-refractivity contribution < 1.29 is 19.1 Å². The molecule has 2 N–H and O–H groups in total. The normalized spacial score (nSPS) is 16.3. The molecule has 1 aromatic heterocycles. The summed E-state index contributed by atoms with van der Waals surface area (Å²) in [6, 6.07) is 12.0. The number of amides is 3. The molecular weight excluding hydrogens is 336 g/mol. The van der Waals surface area contributed by atoms with Crippen molar-refractivity contribution >= 4 is 23.4 Å². The van der Waals surface area contributed by atoms with Gasteiger partial charge in [-0.2, -0.15) is 0 Å². The molecule has 8 nitrogen and oxygen atoms in total. The minimum Gasteiger partial charge on any atom is -0.497 e. The van der Waals surface area contributed by atoms with Gasteiger partial charge < -0.3 is 9.64 Å². The second-order valence-corrected chi connectivity index (χ2v) is 5.77. The lowest BCUT2D eigenvalue weighted by atomic mass is 10.1. The molecule has 1 atom stereocenters. The lowest BCUT2D eigenvalue weighted by Gasteiger charge is -2.17. The monoisotopic (exact) mass is 354 g/mol. The van der Waals surface area contributed by atoms with Gasteiger partial charge in [-0.1, -0.05) is 12.1 Å². The first-order valence-corrected chi connectivity index (χ1v) is 8.04. The summed E-state index contributed by atoms with van der Waals surface area (Å²) < 4.78 is 5.16. The number of nitrogens with zero attached hydrogens (tertiary/aromatic N) is 2. The second-order valence-electron chi connectivity index (χ2n) is 5.77. The molecule has 8 heteroatoms. The van der Waals surface area contributed by atoms with E-state index in [4.69, 9.17) is 4.74 Å². The van der Waals surface area contributed by atoms with E-state index in [1.54, 1.807) is 43.5 Å². The number of carbonyl (C=O) groups excluding carboxylic acids is 3. The Morgan fingerprint density at radius 2 is 2.04 bits per heavy atom. The van der Waals surface area contributed by atoms with Crippen LogP contribution in [0.15, 0.2) is 48.7 Å². The standard InChI is InChI=1S/C18H18N4O4/c1-26-14-6-4-5-13(10-14)22-11-12(9-16(22)23)17(24)20-21-18(25)15-7-2-3-8-19-15/h2-8,10,12H,9,11H2,1H3,(H,20,24)(H,21,25). The Hall–Kier alpha value is -3.42. The Bertz CT molecular complexity index is 825. The summed E-state index contributed by atoms with van der Waals surface area (Å²) >= 11 is 0. The van der Waals surface area contributed by atoms with Gasteiger partial charge in [0.1, 0.15) is 11.4 Å². The molecule has 2 heterocycles. The van der Waals surface area contributed by atoms with Crippen molar-refractivity contribution in [1.29, 1.82) is 0 Å². The Morgan fingerprint density at radius 3 is 2.77 bits per heavy atom. The van der Waals surface area contributed by atoms with E-state index in [1.165, 1.54) is 17.2 Å². The van der Waals surface area contributed by atoms with Gasteiger partial charge in [0.05, 0.1) is 13.0 Å². The first kappa shape index (κ1) is 17.4. The SMILES string of the molecule is COc1cccc(N2CC(C(=O)NNC(=O)c3ccccn3)CC2=O)c1. The van der Waals surface area contributed by atoms with Crippen LogP contribution >= 0.6 is 0 Å². The molecule has 1 fully saturated rings. The Kier molecular flexibility index (Phi) is 5.12. The number of carbonyl (C=O) groups is 3. The molecule has 3 rings (SSSR count). The summed E-state index contributed by atoms with van der Waals surface area (Å²) in [6.07, 6.45) is 1.56. The fraction of sp³-hybridized carbons (Fsp3) is 0.222. The summed E-state index contributed by atoms with van der Waals surface area (Å²) in [5.41, 5.74) is 5.53. The molecule has 2 aromatic rings. The van der Waals surface area contributed by atoms with Crippen LogP contribution in [0.25, 0.3) is 0 Å². The number of rotatable bonds is 4. The number of hydrogen-bond donors (Lipinski definition) is 2. The highest BCUT2D eigenvalue weighted by atomic mass is 16.5. The highest BCUT2D eigenvalue weighted by Gasteiger charge is 2.35. The second kappa shape index (κ2) is 7.64. The number of anilines is 1. The maximum Gasteiger partial charge on any atom is 0.288 e. The van der Waals surface area contributed by atoms with Crippen LogP contribution in [0.3, 0.4) is 0 Å². The van der Waals surface area contributed by atoms with Crippen LogP contribution in [0.1, 0.15) is 16.9 Å². The molecule has 0 radical (unpaired) electrons. The van der Waals surface area contributed by atoms with E-state index in [0.717, 1.165) is 0 Å². The highest BCUT2D eigenvalue weighted by Crippen LogP contribution is 2.27. The maximum absolute atomic E-state index is 12.3. The first-order valence-electron chi connectivity index (χ1n) is 8.04. The zero-order chi connectivity index (χ0) is 18.5. The summed E-state index contributed by atoms with van der Waals surface area (Å²) in [5.74, 6) is -1.03. The zero-order valence-electron chi connectivity index (χ0n) is 14.1. The van der Waals surface area contributed by atoms with Gasteiger partial charge in [0, 0.05) is 30.9 Å². The van der Waals surface area contributed by atoms with E-state index in [2.05, 4.69) is 15.8 Å². The summed E-state index contributed by atoms with van der Waals surface area (Å²) in [5, 5.41) is 0. The van der Waals surface area contributed by atoms with Crippen LogP contribution in [0.4, 0.5) is 5.69 Å². The van der Waals surface area contributed by atoms with Crippen molar-refractivity contribution in [3.8, 4) is 5.75 Å². The maximum atomic E-state index is 12.3. The molecule has 1 unspecified atom stereocenters. The first-order chi connectivity index (χ1) is 12.6. The molecule has 0 aliphatic carbocycles. The number of nitrogens with one attached hydrogen (secondary N) is 2. The van der Waals surface area contributed by atoms with E-state index in [0.29, 0.717) is 11.4 Å². The Balaban J connectivity index is 1.59. The molecule has 1 aliphatic rings. The number of methoxy groups -OCH3 is 1. The van der Waals surface area contributed by atoms with Gasteiger partial charge in [0.15, 0.2) is 0 Å². The lowest BCUT2D eigenvalue weighted by molar-refractivity contribution is -0.126. The van der Waals surface area contributed by atoms with Crippen LogP contribution in [0.5, 0.6) is 5.75 Å². The molecule has 0 spiro atoms. The predicted octanol–water partition coefficient (Wildman–Crippen LogP) is 0.904. The highest BCUT2D eigenvalue weighted by molar-refractivity contribution is 6.01. The summed E-state index contributed by atoms with van der Waals surface area (Å²) in [6.45, 7) is 0.233. The van der Waals surface area contributed by atoms with E-state index in [9.17, 15) is 14.4 Å². The van der Waals surface area contributed by atoms with Gasteiger partial charge in [-0.05, 0) is 24.3 Å². The molecule has 0 saturated carbocycles. The molecule has 0 bridgehead atoms. The topological polar surface area (TPSA) is 101 Å². The minimum absolute atomic E-state index is 0.0719. The van der Waals surface area contributed by atoms with Crippen molar-refractivity contribution in [2.75, 3.05) is 18.6 Å². The zero-order valence-corrected chi connectivity index (χ0v) is 14.1. The van der Waals surface area contributed by atoms with Crippen LogP contribution in [-0.4, -0.2) is 36.4 Å². The van der Waals surface area contributed by atoms with E-state index >= 15 is 0 Å². The van der Waals surface area contributed by atoms with Gasteiger partial charge in [0.25, 0.3) is 5.91 Å². The smallest absolute Gasteiger partial charge is 0.288 e. The summed E-state index contributed by atoms with van der Waals surface area (Å²) in [4.78, 5) is 41.9. The van der Waals surface area contributed by atoms with Crippen molar-refractivity contribution in [3.05, 3.63) is 54.4 Å². The number of hydrogen-bond acceptors (Lipinski definition) is 5. The van der Waals surface area contributed by atoms with Crippen molar-refractivity contribution in [3.63, 3.8) is 0 Å². The average molecular weight is 354 g/mol. The third-order valence-corrected chi connectivity index (χ3v) is 4.06. The quantitative estimate of drug-likeness (QED) is 0.795. The average Bonchev–Trinajstić information content (AvgIpc) is 3.08. The third kappa shape index (κ3) is 3.80. The van der Waals surface area contributed by atoms with Crippen molar-refractivity contribution in [1.82, 2.24) is 15.8 Å². The van der Waals surface area contributed by atoms with E-state index in [-0.39, 0.29) is 24.6 Å². The molecule has 1 aliphatic heterocycles. The van der Waals surface area contributed by atoms with Gasteiger partial charge in [-0.15, -0.1) is 0 Å². The minimum atomic E-state index is -0.558. The number of benzene rings is 1. The molecule has 1 saturated heterocycles. The van der Waals surface area contributed by atoms with Crippen molar-refractivity contribution in [2.45, 2.75) is 6.42 Å². The Labute approximate surface area is 150 Å². The molecule has 1 aromatic carbocycles. The van der Waals surface area contributed by atoms with Crippen molar-refractivity contribution in [2.24, 2.45) is 5.92 Å². The summed E-state index contributed by atoms with van der Waals surface area (Å²) in [7, 11) is 1.55. The Morgan fingerprint density at radius 1 is 1.19 bits per heavy atom. The molecule has 3 amide bonds. The van der Waals surface area contributed by atoms with Gasteiger partial charge in [-0.3, -0.25) is 30.2 Å². The van der Waals surface area contributed by atoms with Crippen LogP contribution in [0.2, 0.25) is 0 Å². The number of aromatic nitrogens is 1. The lowest BCUT2D eigenvalue weighted by Crippen LogP contribution is -2.45. The van der Waals surface area contributed by atoms with Crippen LogP contribution in [-0.2, 0) is 9.59 Å². The van der Waals surface area contributed by atoms with Crippen LogP contribution in [0, 0.1) is 5.92 Å². The van der Waals surface area contributed by atoms with E-state index in [1.807, 2.05) is 0 Å². The fourth-order valence-electron chi connectivity index (χ4n) is 2.69. The predicted molar refractivity (Wildman–Crippen MR) is 93.3 cm³/mol. The largest absolute Gasteiger partial charge is 0.497 e. The van der Waals surface area contributed by atoms with E-state index < -0.39 is 17.7 Å². The van der Waals surface area contributed by atoms with Gasteiger partial charge in [-0.25, -0.2) is 0 Å².